The number of carbonyl (C=O) groups is 8. The van der Waals surface area contributed by atoms with Crippen LogP contribution in [0.5, 0.6) is 11.5 Å². The average molecular weight is 1120 g/mol. The second-order valence-electron chi connectivity index (χ2n) is 21.0. The van der Waals surface area contributed by atoms with Gasteiger partial charge in [0.15, 0.2) is 5.78 Å². The molecule has 23 heteroatoms. The zero-order valence-corrected chi connectivity index (χ0v) is 45.3. The molecule has 0 aliphatic carbocycles. The topological polar surface area (TPSA) is 354 Å². The molecule has 81 heavy (non-hydrogen) atoms. The average Bonchev–Trinajstić information content (AvgIpc) is 4.09. The summed E-state index contributed by atoms with van der Waals surface area (Å²) in [5.41, 5.74) is 3.48. The monoisotopic (exact) mass is 1120 g/mol. The van der Waals surface area contributed by atoms with Gasteiger partial charge in [0.25, 0.3) is 5.91 Å². The maximum atomic E-state index is 14.4. The van der Waals surface area contributed by atoms with Crippen molar-refractivity contribution in [2.45, 2.75) is 133 Å². The first kappa shape index (κ1) is 60.8. The number of Topliss-reactive ketones (excluding diaryl/α,β-unsaturated/α-hetero) is 1. The quantitative estimate of drug-likeness (QED) is 0.0738. The number of aliphatic hydroxyl groups is 6. The lowest BCUT2D eigenvalue weighted by atomic mass is 9.96. The zero-order valence-electron chi connectivity index (χ0n) is 45.3. The van der Waals surface area contributed by atoms with Crippen LogP contribution in [0.2, 0.25) is 0 Å². The minimum absolute atomic E-state index is 0.0444. The molecule has 7 amide bonds. The van der Waals surface area contributed by atoms with Crippen molar-refractivity contribution in [2.24, 2.45) is 5.92 Å². The number of hydrogen-bond donors (Lipinski definition) is 12. The SMILES string of the molecule is CCCCCOc1ccc(-c2ccc(-c3ccc(C(=O)N[C@@H]4CC(=O)CNC(=O)C5[C@@H](O)[C@@H](C)CN5C(=O)[C@H](C(C)O)NC(=O)[C@H]([C@@H](O)C(O)c5ccc(O)cc5)NC(=O)[C@@H]5C[C@@H](O)CN5C(=O)[C@H](C(C)O)NC4=O)cc3)cc2)cc1. The molecule has 3 aliphatic heterocycles. The van der Waals surface area contributed by atoms with E-state index in [0.29, 0.717) is 6.61 Å². The first-order valence-corrected chi connectivity index (χ1v) is 27.0. The van der Waals surface area contributed by atoms with Gasteiger partial charge in [-0.2, -0.15) is 0 Å². The number of aromatic hydroxyl groups is 1. The molecular formula is C58H71N7O16. The van der Waals surface area contributed by atoms with Gasteiger partial charge < -0.3 is 76.9 Å². The highest BCUT2D eigenvalue weighted by molar-refractivity contribution is 6.02. The van der Waals surface area contributed by atoms with Crippen molar-refractivity contribution in [3.8, 4) is 33.8 Å². The maximum absolute atomic E-state index is 14.4. The van der Waals surface area contributed by atoms with Crippen LogP contribution in [0.1, 0.15) is 81.8 Å². The lowest BCUT2D eigenvalue weighted by Gasteiger charge is -2.34. The molecule has 23 nitrogen and oxygen atoms in total. The number of phenolic OH excluding ortho intramolecular Hbond substituents is 1. The second kappa shape index (κ2) is 27.1. The number of fused-ring (bicyclic) bond motifs is 2. The molecule has 7 rings (SSSR count). The minimum Gasteiger partial charge on any atom is -0.508 e. The fourth-order valence-electron chi connectivity index (χ4n) is 10.1. The number of hydrogen-bond acceptors (Lipinski definition) is 16. The largest absolute Gasteiger partial charge is 0.508 e. The summed E-state index contributed by atoms with van der Waals surface area (Å²) in [7, 11) is 0. The Hall–Kier alpha value is -7.80. The fraction of sp³-hybridized carbons (Fsp3) is 0.448. The third kappa shape index (κ3) is 14.8. The number of nitrogens with one attached hydrogen (secondary N) is 5. The lowest BCUT2D eigenvalue weighted by Crippen LogP contribution is -2.64. The Balaban J connectivity index is 1.16. The number of benzene rings is 4. The van der Waals surface area contributed by atoms with Crippen molar-refractivity contribution in [2.75, 3.05) is 26.2 Å². The molecule has 3 fully saturated rings. The molecule has 0 spiro atoms. The Bertz CT molecular complexity index is 2890. The number of rotatable bonds is 14. The summed E-state index contributed by atoms with van der Waals surface area (Å²) in [5, 5.41) is 88.7. The lowest BCUT2D eigenvalue weighted by molar-refractivity contribution is -0.147. The first-order chi connectivity index (χ1) is 38.6. The number of aliphatic hydroxyl groups excluding tert-OH is 6. The normalized spacial score (nSPS) is 25.9. The van der Waals surface area contributed by atoms with E-state index in [1.807, 2.05) is 48.5 Å². The van der Waals surface area contributed by atoms with Gasteiger partial charge >= 0.3 is 0 Å². The summed E-state index contributed by atoms with van der Waals surface area (Å²) in [6.45, 7) is 4.82. The molecule has 3 heterocycles. The predicted molar refractivity (Wildman–Crippen MR) is 291 cm³/mol. The summed E-state index contributed by atoms with van der Waals surface area (Å²) in [6.07, 6.45) is -8.85. The van der Waals surface area contributed by atoms with Crippen molar-refractivity contribution < 1.29 is 78.8 Å². The van der Waals surface area contributed by atoms with Crippen molar-refractivity contribution in [3.63, 3.8) is 0 Å². The number of ketones is 1. The summed E-state index contributed by atoms with van der Waals surface area (Å²) in [5.74, 6) is -9.03. The molecule has 4 aromatic rings. The van der Waals surface area contributed by atoms with E-state index in [9.17, 15) is 74.1 Å². The van der Waals surface area contributed by atoms with E-state index >= 15 is 0 Å². The Kier molecular flexibility index (Phi) is 20.4. The molecular weight excluding hydrogens is 1050 g/mol. The Labute approximate surface area is 467 Å². The standard InChI is InChI=1S/C58H71N7O16/c1-5-6-7-24-81-42-22-18-36(19-23-42)34-10-8-33(9-11-34)35-12-14-38(15-13-35)52(74)60-43-25-40(69)27-59-56(78)48-49(71)30(2)28-65(48)58(80)46(32(4)67)62-55(77)47(51(73)50(72)37-16-20-39(68)21-17-37)63-54(76)44-26-41(70)29-64(44)57(79)45(31(3)66)61-53(43)75/h8-23,30-32,41,43-51,66-68,70-73H,5-7,24-29H2,1-4H3,(H,59,78)(H,60,74)(H,61,75)(H,62,77)(H,63,76)/t30-,31?,32?,41+,43+,44-,45-,46-,47-,48?,49-,50?,51+/m0/s1. The summed E-state index contributed by atoms with van der Waals surface area (Å²) < 4.78 is 5.84. The van der Waals surface area contributed by atoms with Crippen LogP contribution < -0.4 is 31.3 Å². The number of carbonyl (C=O) groups excluding carboxylic acids is 8. The van der Waals surface area contributed by atoms with E-state index in [-0.39, 0.29) is 23.4 Å². The summed E-state index contributed by atoms with van der Waals surface area (Å²) in [4.78, 5) is 115. The number of amides is 7. The van der Waals surface area contributed by atoms with Crippen molar-refractivity contribution in [1.82, 2.24) is 36.4 Å². The van der Waals surface area contributed by atoms with Crippen molar-refractivity contribution >= 4 is 47.1 Å². The number of unbranched alkanes of at least 4 members (excludes halogenated alkanes) is 2. The molecule has 4 aromatic carbocycles. The van der Waals surface area contributed by atoms with Gasteiger partial charge in [-0.1, -0.05) is 87.4 Å². The van der Waals surface area contributed by atoms with Crippen LogP contribution in [0.25, 0.3) is 22.3 Å². The van der Waals surface area contributed by atoms with E-state index in [0.717, 1.165) is 70.9 Å². The third-order valence-electron chi connectivity index (χ3n) is 14.8. The number of nitrogens with zero attached hydrogens (tertiary/aromatic N) is 2. The Morgan fingerprint density at radius 2 is 1.20 bits per heavy atom. The van der Waals surface area contributed by atoms with Crippen LogP contribution in [0.4, 0.5) is 0 Å². The zero-order chi connectivity index (χ0) is 58.8. The van der Waals surface area contributed by atoms with Crippen LogP contribution >= 0.6 is 0 Å². The molecule has 0 bridgehead atoms. The molecule has 0 saturated carbocycles. The molecule has 0 radical (unpaired) electrons. The fourth-order valence-corrected chi connectivity index (χ4v) is 10.1. The number of phenols is 1. The van der Waals surface area contributed by atoms with E-state index in [4.69, 9.17) is 4.74 Å². The number of ether oxygens (including phenoxy) is 1. The highest BCUT2D eigenvalue weighted by atomic mass is 16.5. The highest BCUT2D eigenvalue weighted by Gasteiger charge is 2.50. The molecule has 434 valence electrons. The van der Waals surface area contributed by atoms with Crippen LogP contribution in [-0.2, 0) is 33.6 Å². The second-order valence-corrected chi connectivity index (χ2v) is 21.0. The summed E-state index contributed by atoms with van der Waals surface area (Å²) >= 11 is 0. The van der Waals surface area contributed by atoms with Gasteiger partial charge in [-0.05, 0) is 84.5 Å². The highest BCUT2D eigenvalue weighted by Crippen LogP contribution is 2.30. The molecule has 12 N–H and O–H groups in total. The van der Waals surface area contributed by atoms with Gasteiger partial charge in [0.05, 0.1) is 37.6 Å². The molecule has 0 aromatic heterocycles. The predicted octanol–water partition coefficient (Wildman–Crippen LogP) is -0.0373. The minimum atomic E-state index is -2.27. The van der Waals surface area contributed by atoms with Crippen LogP contribution in [0.15, 0.2) is 97.1 Å². The molecule has 3 aliphatic rings. The van der Waals surface area contributed by atoms with E-state index < -0.39 is 152 Å². The van der Waals surface area contributed by atoms with Gasteiger partial charge in [0.1, 0.15) is 60.0 Å². The Morgan fingerprint density at radius 3 is 1.77 bits per heavy atom. The molecule has 3 saturated heterocycles. The third-order valence-corrected chi connectivity index (χ3v) is 14.8. The van der Waals surface area contributed by atoms with Crippen LogP contribution in [0, 0.1) is 5.92 Å². The van der Waals surface area contributed by atoms with Gasteiger partial charge in [0, 0.05) is 37.4 Å². The van der Waals surface area contributed by atoms with Crippen molar-refractivity contribution in [3.05, 3.63) is 108 Å². The van der Waals surface area contributed by atoms with Crippen molar-refractivity contribution in [1.29, 1.82) is 0 Å². The Morgan fingerprint density at radius 1 is 0.667 bits per heavy atom. The van der Waals surface area contributed by atoms with Gasteiger partial charge in [-0.25, -0.2) is 0 Å². The van der Waals surface area contributed by atoms with E-state index in [2.05, 4.69) is 33.5 Å². The van der Waals surface area contributed by atoms with Gasteiger partial charge in [0.2, 0.25) is 35.4 Å². The van der Waals surface area contributed by atoms with E-state index in [1.54, 1.807) is 12.1 Å². The molecule has 13 atom stereocenters. The summed E-state index contributed by atoms with van der Waals surface area (Å²) in [6, 6.07) is 15.3. The maximum Gasteiger partial charge on any atom is 0.251 e. The smallest absolute Gasteiger partial charge is 0.251 e. The first-order valence-electron chi connectivity index (χ1n) is 27.0. The van der Waals surface area contributed by atoms with Gasteiger partial charge in [-0.3, -0.25) is 38.4 Å². The van der Waals surface area contributed by atoms with Gasteiger partial charge in [-0.15, -0.1) is 0 Å². The van der Waals surface area contributed by atoms with Crippen LogP contribution in [0.3, 0.4) is 0 Å². The molecule has 4 unspecified atom stereocenters. The van der Waals surface area contributed by atoms with E-state index in [1.165, 1.54) is 43.3 Å². The van der Waals surface area contributed by atoms with Crippen LogP contribution in [-0.4, -0.2) is 186 Å².